The Morgan fingerprint density at radius 2 is 2.08 bits per heavy atom. The van der Waals surface area contributed by atoms with Gasteiger partial charge in [0.1, 0.15) is 5.75 Å². The number of nitrogens with one attached hydrogen (secondary N) is 1. The van der Waals surface area contributed by atoms with Gasteiger partial charge in [0.15, 0.2) is 0 Å². The van der Waals surface area contributed by atoms with Crippen molar-refractivity contribution >= 4 is 11.6 Å². The number of carbonyl (C=O) groups is 1. The first kappa shape index (κ1) is 17.2. The van der Waals surface area contributed by atoms with Gasteiger partial charge in [0, 0.05) is 36.9 Å². The highest BCUT2D eigenvalue weighted by molar-refractivity contribution is 5.93. The monoisotopic (exact) mass is 332 g/mol. The lowest BCUT2D eigenvalue weighted by atomic mass is 10.0. The minimum absolute atomic E-state index is 0.0351. The topological polar surface area (TPSA) is 73.6 Å². The predicted molar refractivity (Wildman–Crippen MR) is 94.2 cm³/mol. The highest BCUT2D eigenvalue weighted by atomic mass is 16.5. The number of aryl methyl sites for hydroxylation is 1. The predicted octanol–water partition coefficient (Wildman–Crippen LogP) is 2.87. The van der Waals surface area contributed by atoms with Crippen molar-refractivity contribution in [1.29, 1.82) is 0 Å². The maximum atomic E-state index is 12.3. The van der Waals surface area contributed by atoms with Crippen LogP contribution < -0.4 is 15.8 Å². The van der Waals surface area contributed by atoms with E-state index in [2.05, 4.69) is 5.32 Å². The quantitative estimate of drug-likeness (QED) is 0.869. The van der Waals surface area contributed by atoms with E-state index in [0.29, 0.717) is 12.5 Å². The minimum atomic E-state index is 0.0351. The van der Waals surface area contributed by atoms with Gasteiger partial charge in [0.2, 0.25) is 5.91 Å². The summed E-state index contributed by atoms with van der Waals surface area (Å²) in [6.45, 7) is 4.39. The lowest BCUT2D eigenvalue weighted by Crippen LogP contribution is -2.23. The summed E-state index contributed by atoms with van der Waals surface area (Å²) in [4.78, 5) is 12.3. The smallest absolute Gasteiger partial charge is 0.227 e. The molecule has 2 fully saturated rings. The minimum Gasteiger partial charge on any atom is -0.493 e. The number of carbonyl (C=O) groups excluding carboxylic acids is 1. The normalized spacial score (nSPS) is 24.8. The molecular weight excluding hydrogens is 304 g/mol. The van der Waals surface area contributed by atoms with Gasteiger partial charge in [-0.25, -0.2) is 0 Å². The number of hydrogen-bond donors (Lipinski definition) is 2. The van der Waals surface area contributed by atoms with Crippen molar-refractivity contribution in [2.75, 3.05) is 25.1 Å². The van der Waals surface area contributed by atoms with E-state index >= 15 is 0 Å². The largest absolute Gasteiger partial charge is 0.493 e. The second-order valence-corrected chi connectivity index (χ2v) is 7.11. The molecule has 5 heteroatoms. The molecule has 3 rings (SSSR count). The van der Waals surface area contributed by atoms with E-state index < -0.39 is 0 Å². The molecule has 1 heterocycles. The van der Waals surface area contributed by atoms with Gasteiger partial charge in [0.25, 0.3) is 0 Å². The van der Waals surface area contributed by atoms with E-state index in [-0.39, 0.29) is 17.9 Å². The number of amides is 1. The molecule has 0 bridgehead atoms. The fraction of sp³-hybridized carbons (Fsp3) is 0.632. The Morgan fingerprint density at radius 1 is 1.29 bits per heavy atom. The van der Waals surface area contributed by atoms with Crippen LogP contribution in [0.15, 0.2) is 18.2 Å². The van der Waals surface area contributed by atoms with Crippen LogP contribution in [0.4, 0.5) is 5.69 Å². The number of hydrogen-bond acceptors (Lipinski definition) is 4. The summed E-state index contributed by atoms with van der Waals surface area (Å²) in [6, 6.07) is 6.03. The molecule has 3 N–H and O–H groups in total. The molecule has 24 heavy (non-hydrogen) atoms. The van der Waals surface area contributed by atoms with E-state index in [0.717, 1.165) is 62.3 Å². The van der Waals surface area contributed by atoms with Crippen LogP contribution in [0.5, 0.6) is 5.75 Å². The van der Waals surface area contributed by atoms with Gasteiger partial charge in [-0.15, -0.1) is 0 Å². The van der Waals surface area contributed by atoms with Crippen molar-refractivity contribution in [1.82, 2.24) is 0 Å². The van der Waals surface area contributed by atoms with Crippen molar-refractivity contribution in [2.45, 2.75) is 45.1 Å². The van der Waals surface area contributed by atoms with Crippen LogP contribution >= 0.6 is 0 Å². The van der Waals surface area contributed by atoms with Crippen molar-refractivity contribution in [3.63, 3.8) is 0 Å². The van der Waals surface area contributed by atoms with Gasteiger partial charge < -0.3 is 20.5 Å². The Hall–Kier alpha value is -1.59. The number of ether oxygens (including phenoxy) is 2. The third-order valence-corrected chi connectivity index (χ3v) is 5.12. The maximum Gasteiger partial charge on any atom is 0.227 e. The van der Waals surface area contributed by atoms with E-state index in [9.17, 15) is 4.79 Å². The van der Waals surface area contributed by atoms with Crippen molar-refractivity contribution in [3.8, 4) is 5.75 Å². The molecular formula is C19H28N2O3. The zero-order chi connectivity index (χ0) is 16.9. The van der Waals surface area contributed by atoms with Crippen LogP contribution in [-0.2, 0) is 9.53 Å². The summed E-state index contributed by atoms with van der Waals surface area (Å²) in [7, 11) is 0. The first-order valence-electron chi connectivity index (χ1n) is 8.99. The highest BCUT2D eigenvalue weighted by Crippen LogP contribution is 2.28. The average molecular weight is 332 g/mol. The van der Waals surface area contributed by atoms with Crippen LogP contribution in [0.1, 0.15) is 37.7 Å². The molecule has 0 radical (unpaired) electrons. The van der Waals surface area contributed by atoms with Crippen LogP contribution in [0.3, 0.4) is 0 Å². The molecule has 1 aliphatic heterocycles. The molecule has 0 aromatic heterocycles. The third-order valence-electron chi connectivity index (χ3n) is 5.12. The first-order valence-corrected chi connectivity index (χ1v) is 8.99. The van der Waals surface area contributed by atoms with Crippen LogP contribution in [0, 0.1) is 18.8 Å². The van der Waals surface area contributed by atoms with E-state index in [1.54, 1.807) is 0 Å². The standard InChI is InChI=1S/C19H28N2O3/c1-13-2-5-17(21-19(22)15-3-4-16(20)10-15)11-18(13)24-12-14-6-8-23-9-7-14/h2,5,11,14-16H,3-4,6-10,12,20H2,1H3,(H,21,22). The zero-order valence-corrected chi connectivity index (χ0v) is 14.4. The molecule has 1 saturated carbocycles. The SMILES string of the molecule is Cc1ccc(NC(=O)C2CCC(N)C2)cc1OCC1CCOCC1. The average Bonchev–Trinajstić information content (AvgIpc) is 3.03. The third kappa shape index (κ3) is 4.48. The molecule has 1 aromatic rings. The molecule has 1 aliphatic carbocycles. The summed E-state index contributed by atoms with van der Waals surface area (Å²) in [6.07, 6.45) is 4.71. The Bertz CT molecular complexity index is 570. The summed E-state index contributed by atoms with van der Waals surface area (Å²) < 4.78 is 11.4. The zero-order valence-electron chi connectivity index (χ0n) is 14.4. The lowest BCUT2D eigenvalue weighted by Gasteiger charge is -2.22. The summed E-state index contributed by atoms with van der Waals surface area (Å²) in [5.41, 5.74) is 7.79. The number of rotatable bonds is 5. The van der Waals surface area contributed by atoms with Gasteiger partial charge in [-0.3, -0.25) is 4.79 Å². The van der Waals surface area contributed by atoms with Crippen molar-refractivity contribution in [2.24, 2.45) is 17.6 Å². The van der Waals surface area contributed by atoms with Crippen LogP contribution in [0.2, 0.25) is 0 Å². The van der Waals surface area contributed by atoms with Crippen LogP contribution in [-0.4, -0.2) is 31.8 Å². The Labute approximate surface area is 143 Å². The Morgan fingerprint density at radius 3 is 2.79 bits per heavy atom. The molecule has 1 aromatic carbocycles. The van der Waals surface area contributed by atoms with E-state index in [4.69, 9.17) is 15.2 Å². The molecule has 1 saturated heterocycles. The summed E-state index contributed by atoms with van der Waals surface area (Å²) in [5.74, 6) is 1.51. The van der Waals surface area contributed by atoms with E-state index in [1.807, 2.05) is 25.1 Å². The Balaban J connectivity index is 1.57. The second-order valence-electron chi connectivity index (χ2n) is 7.11. The lowest BCUT2D eigenvalue weighted by molar-refractivity contribution is -0.119. The van der Waals surface area contributed by atoms with Crippen LogP contribution in [0.25, 0.3) is 0 Å². The first-order chi connectivity index (χ1) is 11.6. The number of anilines is 1. The van der Waals surface area contributed by atoms with Crippen molar-refractivity contribution < 1.29 is 14.3 Å². The maximum absolute atomic E-state index is 12.3. The van der Waals surface area contributed by atoms with Gasteiger partial charge in [-0.1, -0.05) is 6.07 Å². The van der Waals surface area contributed by atoms with Gasteiger partial charge in [-0.2, -0.15) is 0 Å². The highest BCUT2D eigenvalue weighted by Gasteiger charge is 2.27. The molecule has 1 amide bonds. The fourth-order valence-electron chi connectivity index (χ4n) is 3.45. The molecule has 5 nitrogen and oxygen atoms in total. The molecule has 2 aliphatic rings. The molecule has 2 atom stereocenters. The molecule has 2 unspecified atom stereocenters. The van der Waals surface area contributed by atoms with Gasteiger partial charge >= 0.3 is 0 Å². The van der Waals surface area contributed by atoms with Gasteiger partial charge in [-0.05, 0) is 56.6 Å². The van der Waals surface area contributed by atoms with Crippen molar-refractivity contribution in [3.05, 3.63) is 23.8 Å². The molecule has 132 valence electrons. The van der Waals surface area contributed by atoms with Gasteiger partial charge in [0.05, 0.1) is 6.61 Å². The van der Waals surface area contributed by atoms with E-state index in [1.165, 1.54) is 0 Å². The molecule has 0 spiro atoms. The second kappa shape index (κ2) is 7.99. The summed E-state index contributed by atoms with van der Waals surface area (Å²) in [5, 5.41) is 3.02. The summed E-state index contributed by atoms with van der Waals surface area (Å²) >= 11 is 0. The number of nitrogens with two attached hydrogens (primary N) is 1. The number of benzene rings is 1. The fourth-order valence-corrected chi connectivity index (χ4v) is 3.45. The Kier molecular flexibility index (Phi) is 5.74.